The Labute approximate surface area is 118 Å². The molecule has 4 nitrogen and oxygen atoms in total. The fourth-order valence-corrected chi connectivity index (χ4v) is 2.21. The summed E-state index contributed by atoms with van der Waals surface area (Å²) in [5.74, 6) is 5.83. The molecule has 5 heteroatoms. The van der Waals surface area contributed by atoms with E-state index in [1.165, 1.54) is 4.90 Å². The van der Waals surface area contributed by atoms with Gasteiger partial charge in [0.25, 0.3) is 0 Å². The van der Waals surface area contributed by atoms with Crippen LogP contribution < -0.4 is 0 Å². The molecule has 0 saturated carbocycles. The number of carbonyl (C=O) groups excluding carboxylic acids is 1. The van der Waals surface area contributed by atoms with Crippen molar-refractivity contribution >= 4 is 17.4 Å². The number of carbonyl (C=O) groups is 1. The van der Waals surface area contributed by atoms with Crippen molar-refractivity contribution in [2.75, 3.05) is 13.7 Å². The molecule has 0 aliphatic rings. The fraction of sp³-hybridized carbons (Fsp3) is 0.500. The summed E-state index contributed by atoms with van der Waals surface area (Å²) in [5, 5.41) is 10.6. The Morgan fingerprint density at radius 1 is 1.58 bits per heavy atom. The molecule has 0 saturated heterocycles. The Hall–Kier alpha value is -1.51. The number of hydrogen-bond donors (Lipinski definition) is 1. The fourth-order valence-electron chi connectivity index (χ4n) is 1.34. The molecule has 0 atom stereocenters. The number of ether oxygens (including phenoxy) is 1. The van der Waals surface area contributed by atoms with Gasteiger partial charge in [-0.3, -0.25) is 0 Å². The summed E-state index contributed by atoms with van der Waals surface area (Å²) in [6.07, 6.45) is 0.0423. The minimum absolute atomic E-state index is 0.0772. The average Bonchev–Trinajstić information content (AvgIpc) is 2.76. The Kier molecular flexibility index (Phi) is 6.40. The summed E-state index contributed by atoms with van der Waals surface area (Å²) < 4.78 is 5.11. The van der Waals surface area contributed by atoms with Crippen LogP contribution in [0, 0.1) is 11.8 Å². The molecule has 0 aliphatic heterocycles. The Morgan fingerprint density at radius 2 is 2.32 bits per heavy atom. The van der Waals surface area contributed by atoms with Crippen molar-refractivity contribution in [3.8, 4) is 11.8 Å². The lowest BCUT2D eigenvalue weighted by Gasteiger charge is -2.17. The summed E-state index contributed by atoms with van der Waals surface area (Å²) >= 11 is 1.56. The van der Waals surface area contributed by atoms with Crippen molar-refractivity contribution in [3.63, 3.8) is 0 Å². The lowest BCUT2D eigenvalue weighted by atomic mass is 10.3. The van der Waals surface area contributed by atoms with Crippen LogP contribution in [-0.4, -0.2) is 35.9 Å². The second-order valence-corrected chi connectivity index (χ2v) is 5.36. The number of aliphatic hydroxyl groups excluding tert-OH is 1. The summed E-state index contributed by atoms with van der Waals surface area (Å²) in [6.45, 7) is 4.24. The van der Waals surface area contributed by atoms with Gasteiger partial charge in [0.05, 0.1) is 19.3 Å². The van der Waals surface area contributed by atoms with Gasteiger partial charge >= 0.3 is 6.09 Å². The standard InChI is InChI=1S/C14H19NO3S/c1-11(2)18-14(17)15(3)9-13-8-12(10-19-13)6-4-5-7-16/h8,10-11,16H,5,7,9H2,1-3H3. The van der Waals surface area contributed by atoms with Gasteiger partial charge in [0, 0.05) is 29.3 Å². The first-order chi connectivity index (χ1) is 9.02. The van der Waals surface area contributed by atoms with E-state index in [0.29, 0.717) is 13.0 Å². The minimum atomic E-state index is -0.323. The van der Waals surface area contributed by atoms with Gasteiger partial charge in [-0.25, -0.2) is 4.79 Å². The maximum Gasteiger partial charge on any atom is 0.410 e. The molecule has 0 aliphatic carbocycles. The van der Waals surface area contributed by atoms with Gasteiger partial charge in [0.15, 0.2) is 0 Å². The summed E-state index contributed by atoms with van der Waals surface area (Å²) in [6, 6.07) is 1.95. The second-order valence-electron chi connectivity index (χ2n) is 4.37. The Morgan fingerprint density at radius 3 is 2.95 bits per heavy atom. The quantitative estimate of drug-likeness (QED) is 0.863. The highest BCUT2D eigenvalue weighted by Gasteiger charge is 2.12. The van der Waals surface area contributed by atoms with E-state index in [1.807, 2.05) is 25.3 Å². The topological polar surface area (TPSA) is 49.8 Å². The van der Waals surface area contributed by atoms with Crippen LogP contribution in [0.15, 0.2) is 11.4 Å². The summed E-state index contributed by atoms with van der Waals surface area (Å²) in [5.41, 5.74) is 0.916. The van der Waals surface area contributed by atoms with Gasteiger partial charge in [-0.05, 0) is 19.9 Å². The molecular formula is C14H19NO3S. The highest BCUT2D eigenvalue weighted by atomic mass is 32.1. The number of nitrogens with zero attached hydrogens (tertiary/aromatic N) is 1. The lowest BCUT2D eigenvalue weighted by Crippen LogP contribution is -2.28. The van der Waals surface area contributed by atoms with Gasteiger partial charge in [-0.2, -0.15) is 0 Å². The molecule has 1 N–H and O–H groups in total. The van der Waals surface area contributed by atoms with E-state index in [4.69, 9.17) is 9.84 Å². The largest absolute Gasteiger partial charge is 0.447 e. The van der Waals surface area contributed by atoms with Gasteiger partial charge in [0.2, 0.25) is 0 Å². The molecule has 0 spiro atoms. The van der Waals surface area contributed by atoms with E-state index in [1.54, 1.807) is 18.4 Å². The van der Waals surface area contributed by atoms with Crippen LogP contribution in [0.4, 0.5) is 4.79 Å². The summed E-state index contributed by atoms with van der Waals surface area (Å²) in [4.78, 5) is 14.2. The van der Waals surface area contributed by atoms with Crippen molar-refractivity contribution in [2.45, 2.75) is 32.9 Å². The van der Waals surface area contributed by atoms with Crippen LogP contribution in [0.1, 0.15) is 30.7 Å². The zero-order valence-corrected chi connectivity index (χ0v) is 12.3. The Balaban J connectivity index is 2.54. The highest BCUT2D eigenvalue weighted by Crippen LogP contribution is 2.16. The molecule has 1 amide bonds. The van der Waals surface area contributed by atoms with Crippen LogP contribution in [0.25, 0.3) is 0 Å². The second kappa shape index (κ2) is 7.82. The van der Waals surface area contributed by atoms with E-state index in [0.717, 1.165) is 10.4 Å². The molecule has 0 unspecified atom stereocenters. The number of aliphatic hydroxyl groups is 1. The number of thiophene rings is 1. The molecule has 1 aromatic heterocycles. The maximum atomic E-state index is 11.6. The zero-order valence-electron chi connectivity index (χ0n) is 11.5. The number of rotatable bonds is 4. The first-order valence-electron chi connectivity index (χ1n) is 6.11. The van der Waals surface area contributed by atoms with Gasteiger partial charge in [-0.15, -0.1) is 11.3 Å². The third-order valence-corrected chi connectivity index (χ3v) is 3.09. The molecule has 104 valence electrons. The van der Waals surface area contributed by atoms with Crippen LogP contribution in [0.5, 0.6) is 0 Å². The van der Waals surface area contributed by atoms with Gasteiger partial charge < -0.3 is 14.7 Å². The first-order valence-corrected chi connectivity index (χ1v) is 6.99. The maximum absolute atomic E-state index is 11.6. The number of hydrogen-bond acceptors (Lipinski definition) is 4. The number of amides is 1. The highest BCUT2D eigenvalue weighted by molar-refractivity contribution is 7.10. The monoisotopic (exact) mass is 281 g/mol. The molecule has 1 rings (SSSR count). The molecule has 0 fully saturated rings. The van der Waals surface area contributed by atoms with Gasteiger partial charge in [-0.1, -0.05) is 11.8 Å². The summed E-state index contributed by atoms with van der Waals surface area (Å²) in [7, 11) is 1.71. The molecule has 0 bridgehead atoms. The molecule has 0 aromatic carbocycles. The third-order valence-electron chi connectivity index (χ3n) is 2.16. The van der Waals surface area contributed by atoms with E-state index >= 15 is 0 Å². The van der Waals surface area contributed by atoms with Crippen molar-refractivity contribution in [2.24, 2.45) is 0 Å². The first kappa shape index (κ1) is 15.5. The van der Waals surface area contributed by atoms with Crippen LogP contribution in [0.2, 0.25) is 0 Å². The van der Waals surface area contributed by atoms with Crippen molar-refractivity contribution in [3.05, 3.63) is 21.9 Å². The van der Waals surface area contributed by atoms with E-state index in [9.17, 15) is 4.79 Å². The normalized spacial score (nSPS) is 9.95. The van der Waals surface area contributed by atoms with E-state index in [-0.39, 0.29) is 18.8 Å². The Bertz CT molecular complexity index is 471. The lowest BCUT2D eigenvalue weighted by molar-refractivity contribution is 0.0825. The average molecular weight is 281 g/mol. The predicted octanol–water partition coefficient (Wildman–Crippen LogP) is 2.46. The third kappa shape index (κ3) is 5.77. The van der Waals surface area contributed by atoms with Crippen LogP contribution in [-0.2, 0) is 11.3 Å². The van der Waals surface area contributed by atoms with Crippen LogP contribution in [0.3, 0.4) is 0 Å². The molecule has 1 heterocycles. The smallest absolute Gasteiger partial charge is 0.410 e. The molecular weight excluding hydrogens is 262 g/mol. The SMILES string of the molecule is CC(C)OC(=O)N(C)Cc1cc(C#CCCO)cs1. The molecule has 1 aromatic rings. The zero-order chi connectivity index (χ0) is 14.3. The molecule has 19 heavy (non-hydrogen) atoms. The van der Waals surface area contributed by atoms with Crippen molar-refractivity contribution < 1.29 is 14.6 Å². The predicted molar refractivity (Wildman–Crippen MR) is 76.0 cm³/mol. The van der Waals surface area contributed by atoms with Crippen molar-refractivity contribution in [1.29, 1.82) is 0 Å². The van der Waals surface area contributed by atoms with Gasteiger partial charge in [0.1, 0.15) is 0 Å². The molecule has 0 radical (unpaired) electrons. The minimum Gasteiger partial charge on any atom is -0.447 e. The van der Waals surface area contributed by atoms with E-state index in [2.05, 4.69) is 11.8 Å². The van der Waals surface area contributed by atoms with Crippen molar-refractivity contribution in [1.82, 2.24) is 4.90 Å². The van der Waals surface area contributed by atoms with E-state index < -0.39 is 0 Å². The van der Waals surface area contributed by atoms with Crippen LogP contribution >= 0.6 is 11.3 Å².